The highest BCUT2D eigenvalue weighted by molar-refractivity contribution is 7.99. The lowest BCUT2D eigenvalue weighted by atomic mass is 10.1. The quantitative estimate of drug-likeness (QED) is 0.704. The van der Waals surface area contributed by atoms with Crippen LogP contribution in [-0.4, -0.2) is 49.8 Å². The van der Waals surface area contributed by atoms with E-state index in [1.165, 1.54) is 13.1 Å². The van der Waals surface area contributed by atoms with Crippen molar-refractivity contribution >= 4 is 11.8 Å². The number of nitrogens with zero attached hydrogens (tertiary/aromatic N) is 2. The predicted molar refractivity (Wildman–Crippen MR) is 98.2 cm³/mol. The molecular formula is C18H26N3O2S+. The first kappa shape index (κ1) is 18.5. The van der Waals surface area contributed by atoms with Gasteiger partial charge < -0.3 is 14.4 Å². The molecule has 0 aliphatic rings. The lowest BCUT2D eigenvalue weighted by molar-refractivity contribution is -0.893. The zero-order valence-electron chi connectivity index (χ0n) is 14.8. The summed E-state index contributed by atoms with van der Waals surface area (Å²) in [6, 6.07) is 9.71. The maximum Gasteiger partial charge on any atom is 0.132 e. The Bertz CT molecular complexity index is 631. The van der Waals surface area contributed by atoms with E-state index < -0.39 is 0 Å². The highest BCUT2D eigenvalue weighted by Gasteiger charge is 2.10. The van der Waals surface area contributed by atoms with E-state index in [2.05, 4.69) is 24.0 Å². The Kier molecular flexibility index (Phi) is 7.34. The van der Waals surface area contributed by atoms with Crippen molar-refractivity contribution in [3.8, 4) is 22.8 Å². The Hall–Kier alpha value is -1.79. The van der Waals surface area contributed by atoms with Gasteiger partial charge in [0.25, 0.3) is 0 Å². The summed E-state index contributed by atoms with van der Waals surface area (Å²) in [5.74, 6) is 2.54. The third-order valence-electron chi connectivity index (χ3n) is 4.03. The van der Waals surface area contributed by atoms with Gasteiger partial charge in [-0.15, -0.1) is 10.2 Å². The standard InChI is InChI=1S/C18H25N3O2S/c1-5-21(6-2)11-12-24-18-10-9-16(19-20-18)15-8-7-14(22-3)13-17(15)23-4/h7-10,13H,5-6,11-12H2,1-4H3/p+1. The molecule has 1 aromatic carbocycles. The van der Waals surface area contributed by atoms with Gasteiger partial charge in [0.15, 0.2) is 0 Å². The molecule has 0 amide bonds. The summed E-state index contributed by atoms with van der Waals surface area (Å²) < 4.78 is 10.7. The SMILES string of the molecule is CC[NH+](CC)CCSc1ccc(-c2ccc(OC)cc2OC)nn1. The third-order valence-corrected chi connectivity index (χ3v) is 4.95. The topological polar surface area (TPSA) is 48.7 Å². The molecule has 130 valence electrons. The van der Waals surface area contributed by atoms with E-state index in [0.717, 1.165) is 40.1 Å². The summed E-state index contributed by atoms with van der Waals surface area (Å²) in [5.41, 5.74) is 1.71. The lowest BCUT2D eigenvalue weighted by Gasteiger charge is -2.14. The van der Waals surface area contributed by atoms with Crippen LogP contribution in [0.4, 0.5) is 0 Å². The summed E-state index contributed by atoms with van der Waals surface area (Å²) in [6.45, 7) is 7.92. The first-order valence-corrected chi connectivity index (χ1v) is 9.22. The smallest absolute Gasteiger partial charge is 0.132 e. The summed E-state index contributed by atoms with van der Waals surface area (Å²) in [6.07, 6.45) is 0. The van der Waals surface area contributed by atoms with Gasteiger partial charge in [0.1, 0.15) is 16.5 Å². The van der Waals surface area contributed by atoms with Crippen molar-refractivity contribution < 1.29 is 14.4 Å². The zero-order valence-corrected chi connectivity index (χ0v) is 15.7. The number of rotatable bonds is 9. The maximum absolute atomic E-state index is 5.43. The Balaban J connectivity index is 2.04. The summed E-state index contributed by atoms with van der Waals surface area (Å²) in [7, 11) is 3.28. The van der Waals surface area contributed by atoms with Gasteiger partial charge in [0, 0.05) is 17.4 Å². The van der Waals surface area contributed by atoms with Crippen molar-refractivity contribution in [3.05, 3.63) is 30.3 Å². The van der Waals surface area contributed by atoms with Gasteiger partial charge in [0.05, 0.1) is 39.5 Å². The number of hydrogen-bond donors (Lipinski definition) is 1. The van der Waals surface area contributed by atoms with Gasteiger partial charge in [-0.2, -0.15) is 0 Å². The van der Waals surface area contributed by atoms with E-state index in [0.29, 0.717) is 0 Å². The second-order valence-corrected chi connectivity index (χ2v) is 6.49. The molecule has 2 rings (SSSR count). The number of thioether (sulfide) groups is 1. The second-order valence-electron chi connectivity index (χ2n) is 5.38. The molecular weight excluding hydrogens is 322 g/mol. The van der Waals surface area contributed by atoms with Crippen molar-refractivity contribution in [2.75, 3.05) is 39.6 Å². The molecule has 0 aliphatic heterocycles. The van der Waals surface area contributed by atoms with E-state index in [-0.39, 0.29) is 0 Å². The predicted octanol–water partition coefficient (Wildman–Crippen LogP) is 2.18. The van der Waals surface area contributed by atoms with Crippen LogP contribution in [0.3, 0.4) is 0 Å². The normalized spacial score (nSPS) is 10.9. The van der Waals surface area contributed by atoms with Crippen LogP contribution in [0, 0.1) is 0 Å². The van der Waals surface area contributed by atoms with Crippen LogP contribution >= 0.6 is 11.8 Å². The zero-order chi connectivity index (χ0) is 17.4. The average molecular weight is 348 g/mol. The van der Waals surface area contributed by atoms with Crippen molar-refractivity contribution in [1.82, 2.24) is 10.2 Å². The highest BCUT2D eigenvalue weighted by atomic mass is 32.2. The molecule has 0 radical (unpaired) electrons. The molecule has 24 heavy (non-hydrogen) atoms. The molecule has 0 unspecified atom stereocenters. The van der Waals surface area contributed by atoms with Crippen molar-refractivity contribution in [1.29, 1.82) is 0 Å². The first-order chi connectivity index (χ1) is 11.7. The Morgan fingerprint density at radius 2 is 1.79 bits per heavy atom. The summed E-state index contributed by atoms with van der Waals surface area (Å²) in [5, 5.41) is 9.65. The maximum atomic E-state index is 5.43. The van der Waals surface area contributed by atoms with Crippen LogP contribution in [0.2, 0.25) is 0 Å². The fraction of sp³-hybridized carbons (Fsp3) is 0.444. The van der Waals surface area contributed by atoms with Gasteiger partial charge in [-0.1, -0.05) is 11.8 Å². The molecule has 0 atom stereocenters. The molecule has 2 aromatic rings. The van der Waals surface area contributed by atoms with Crippen molar-refractivity contribution in [2.45, 2.75) is 18.9 Å². The molecule has 1 aromatic heterocycles. The fourth-order valence-corrected chi connectivity index (χ4v) is 3.32. The van der Waals surface area contributed by atoms with Crippen LogP contribution in [0.5, 0.6) is 11.5 Å². The monoisotopic (exact) mass is 348 g/mol. The minimum atomic E-state index is 0.731. The minimum absolute atomic E-state index is 0.731. The first-order valence-electron chi connectivity index (χ1n) is 8.24. The number of quaternary nitrogens is 1. The molecule has 0 fully saturated rings. The largest absolute Gasteiger partial charge is 0.497 e. The summed E-state index contributed by atoms with van der Waals surface area (Å²) in [4.78, 5) is 1.61. The Morgan fingerprint density at radius 3 is 2.38 bits per heavy atom. The van der Waals surface area contributed by atoms with Crippen LogP contribution in [0.1, 0.15) is 13.8 Å². The molecule has 5 nitrogen and oxygen atoms in total. The molecule has 0 saturated carbocycles. The molecule has 0 bridgehead atoms. The van der Waals surface area contributed by atoms with E-state index >= 15 is 0 Å². The average Bonchev–Trinajstić information content (AvgIpc) is 2.65. The number of methoxy groups -OCH3 is 2. The van der Waals surface area contributed by atoms with Gasteiger partial charge in [-0.25, -0.2) is 0 Å². The van der Waals surface area contributed by atoms with Gasteiger partial charge in [0.2, 0.25) is 0 Å². The number of benzene rings is 1. The highest BCUT2D eigenvalue weighted by Crippen LogP contribution is 2.32. The lowest BCUT2D eigenvalue weighted by Crippen LogP contribution is -3.11. The third kappa shape index (κ3) is 4.85. The molecule has 6 heteroatoms. The van der Waals surface area contributed by atoms with E-state index in [1.54, 1.807) is 30.9 Å². The van der Waals surface area contributed by atoms with Crippen LogP contribution < -0.4 is 14.4 Å². The van der Waals surface area contributed by atoms with Gasteiger partial charge in [-0.05, 0) is 38.1 Å². The number of hydrogen-bond acceptors (Lipinski definition) is 5. The molecule has 0 spiro atoms. The number of nitrogens with one attached hydrogen (secondary N) is 1. The van der Waals surface area contributed by atoms with E-state index in [1.807, 2.05) is 30.3 Å². The summed E-state index contributed by atoms with van der Waals surface area (Å²) >= 11 is 1.75. The second kappa shape index (κ2) is 9.49. The molecule has 0 aliphatic carbocycles. The number of ether oxygens (including phenoxy) is 2. The Morgan fingerprint density at radius 1 is 1.00 bits per heavy atom. The van der Waals surface area contributed by atoms with Crippen LogP contribution in [0.25, 0.3) is 11.3 Å². The van der Waals surface area contributed by atoms with Gasteiger partial charge in [-0.3, -0.25) is 0 Å². The van der Waals surface area contributed by atoms with Crippen LogP contribution in [-0.2, 0) is 0 Å². The van der Waals surface area contributed by atoms with E-state index in [4.69, 9.17) is 9.47 Å². The molecule has 1 N–H and O–H groups in total. The number of aromatic nitrogens is 2. The van der Waals surface area contributed by atoms with E-state index in [9.17, 15) is 0 Å². The van der Waals surface area contributed by atoms with Crippen molar-refractivity contribution in [3.63, 3.8) is 0 Å². The Labute approximate surface area is 148 Å². The minimum Gasteiger partial charge on any atom is -0.497 e. The molecule has 1 heterocycles. The fourth-order valence-electron chi connectivity index (χ4n) is 2.45. The molecule has 0 saturated heterocycles. The van der Waals surface area contributed by atoms with Crippen LogP contribution in [0.15, 0.2) is 35.4 Å². The van der Waals surface area contributed by atoms with Gasteiger partial charge >= 0.3 is 0 Å². The van der Waals surface area contributed by atoms with Crippen molar-refractivity contribution in [2.24, 2.45) is 0 Å².